The van der Waals surface area contributed by atoms with Gasteiger partial charge in [0, 0.05) is 0 Å². The topological polar surface area (TPSA) is 159 Å². The van der Waals surface area contributed by atoms with Crippen molar-refractivity contribution in [2.24, 2.45) is 0 Å². The minimum atomic E-state index is -2.17. The van der Waals surface area contributed by atoms with Crippen molar-refractivity contribution in [1.82, 2.24) is 0 Å². The van der Waals surface area contributed by atoms with Crippen molar-refractivity contribution < 1.29 is 40.5 Å². The number of aliphatic hydroxyl groups excluding tert-OH is 7. The van der Waals surface area contributed by atoms with Gasteiger partial charge in [-0.05, 0) is 0 Å². The van der Waals surface area contributed by atoms with Gasteiger partial charge < -0.3 is 35.7 Å². The van der Waals surface area contributed by atoms with Crippen LogP contribution in [0.3, 0.4) is 0 Å². The van der Waals surface area contributed by atoms with E-state index in [2.05, 4.69) is 0 Å². The summed E-state index contributed by atoms with van der Waals surface area (Å²) in [6.45, 7) is -1.79. The molecule has 5 atom stereocenters. The summed E-state index contributed by atoms with van der Waals surface area (Å²) < 4.78 is 0. The van der Waals surface area contributed by atoms with E-state index in [1.165, 1.54) is 0 Å². The van der Waals surface area contributed by atoms with E-state index in [9.17, 15) is 9.90 Å². The normalized spacial score (nSPS) is 20.9. The molecule has 0 amide bonds. The number of carbonyl (C=O) groups excluding carboxylic acids is 1. The molecule has 0 aromatic heterocycles. The Balaban J connectivity index is 4.48. The molecule has 0 spiro atoms. The van der Waals surface area contributed by atoms with Crippen LogP contribution in [-0.2, 0) is 4.79 Å². The predicted molar refractivity (Wildman–Crippen MR) is 49.2 cm³/mol. The lowest BCUT2D eigenvalue weighted by atomic mass is 9.98. The van der Waals surface area contributed by atoms with Crippen LogP contribution in [0, 0.1) is 0 Å². The first kappa shape index (κ1) is 15.4. The van der Waals surface area contributed by atoms with E-state index < -0.39 is 49.5 Å². The minimum Gasteiger partial charge on any atom is -0.394 e. The maximum atomic E-state index is 11.2. The van der Waals surface area contributed by atoms with Crippen molar-refractivity contribution in [3.63, 3.8) is 0 Å². The maximum absolute atomic E-state index is 11.2. The van der Waals surface area contributed by atoms with Crippen LogP contribution < -0.4 is 0 Å². The molecule has 0 radical (unpaired) electrons. The Hall–Kier alpha value is -0.610. The molecular formula is C8H16O8. The molecule has 0 unspecified atom stereocenters. The highest BCUT2D eigenvalue weighted by Crippen LogP contribution is 2.06. The van der Waals surface area contributed by atoms with Crippen LogP contribution in [0.2, 0.25) is 0 Å². The predicted octanol–water partition coefficient (Wildman–Crippen LogP) is -4.66. The number of hydrogen-bond donors (Lipinski definition) is 7. The van der Waals surface area contributed by atoms with Crippen molar-refractivity contribution >= 4 is 5.78 Å². The van der Waals surface area contributed by atoms with Crippen LogP contribution in [0.5, 0.6) is 0 Å². The molecule has 0 bridgehead atoms. The van der Waals surface area contributed by atoms with Gasteiger partial charge in [-0.2, -0.15) is 0 Å². The summed E-state index contributed by atoms with van der Waals surface area (Å²) >= 11 is 0. The van der Waals surface area contributed by atoms with E-state index in [0.29, 0.717) is 0 Å². The van der Waals surface area contributed by atoms with Crippen LogP contribution in [0.1, 0.15) is 0 Å². The van der Waals surface area contributed by atoms with Gasteiger partial charge in [0.25, 0.3) is 0 Å². The molecule has 8 nitrogen and oxygen atoms in total. The van der Waals surface area contributed by atoms with E-state index in [0.717, 1.165) is 0 Å². The van der Waals surface area contributed by atoms with Gasteiger partial charge in [0.15, 0.2) is 5.78 Å². The molecule has 0 fully saturated rings. The van der Waals surface area contributed by atoms with Crippen LogP contribution in [0.4, 0.5) is 0 Å². The second-order valence-electron chi connectivity index (χ2n) is 3.28. The van der Waals surface area contributed by atoms with E-state index >= 15 is 0 Å². The number of aliphatic hydroxyl groups is 7. The van der Waals surface area contributed by atoms with Gasteiger partial charge in [0.2, 0.25) is 0 Å². The zero-order chi connectivity index (χ0) is 12.9. The SMILES string of the molecule is O=C([C@@H](O)[C@H](O)CO)[C@H](O)[C@@H](O)[C@H](O)CO. The van der Waals surface area contributed by atoms with Gasteiger partial charge in [0.1, 0.15) is 30.5 Å². The summed E-state index contributed by atoms with van der Waals surface area (Å²) in [6.07, 6.45) is -9.78. The molecule has 96 valence electrons. The number of hydrogen-bond acceptors (Lipinski definition) is 8. The molecule has 8 heteroatoms. The third-order valence-electron chi connectivity index (χ3n) is 2.04. The van der Waals surface area contributed by atoms with Crippen molar-refractivity contribution in [2.45, 2.75) is 30.5 Å². The monoisotopic (exact) mass is 240 g/mol. The van der Waals surface area contributed by atoms with Crippen LogP contribution in [0.15, 0.2) is 0 Å². The molecule has 16 heavy (non-hydrogen) atoms. The molecule has 0 aliphatic heterocycles. The highest BCUT2D eigenvalue weighted by Gasteiger charge is 2.36. The summed E-state index contributed by atoms with van der Waals surface area (Å²) in [6, 6.07) is 0. The average molecular weight is 240 g/mol. The van der Waals surface area contributed by atoms with Gasteiger partial charge in [-0.25, -0.2) is 0 Å². The third kappa shape index (κ3) is 3.76. The molecule has 0 saturated carbocycles. The van der Waals surface area contributed by atoms with Gasteiger partial charge in [0.05, 0.1) is 13.2 Å². The molecule has 0 aliphatic rings. The van der Waals surface area contributed by atoms with Crippen LogP contribution in [0.25, 0.3) is 0 Å². The van der Waals surface area contributed by atoms with E-state index in [1.54, 1.807) is 0 Å². The Morgan fingerprint density at radius 1 is 0.812 bits per heavy atom. The van der Waals surface area contributed by atoms with E-state index in [1.807, 2.05) is 0 Å². The number of Topliss-reactive ketones (excluding diaryl/α,β-unsaturated/α-hetero) is 1. The van der Waals surface area contributed by atoms with Crippen LogP contribution in [-0.4, -0.2) is 85.3 Å². The molecule has 0 aromatic carbocycles. The zero-order valence-electron chi connectivity index (χ0n) is 8.34. The molecule has 0 heterocycles. The first-order valence-corrected chi connectivity index (χ1v) is 4.52. The summed E-state index contributed by atoms with van der Waals surface area (Å²) in [5.41, 5.74) is 0. The van der Waals surface area contributed by atoms with Gasteiger partial charge in [-0.15, -0.1) is 0 Å². The summed E-state index contributed by atoms with van der Waals surface area (Å²) in [4.78, 5) is 11.2. The fourth-order valence-corrected chi connectivity index (χ4v) is 0.951. The molecule has 0 saturated heterocycles. The highest BCUT2D eigenvalue weighted by atomic mass is 16.4. The second-order valence-corrected chi connectivity index (χ2v) is 3.28. The molecule has 0 aromatic rings. The largest absolute Gasteiger partial charge is 0.394 e. The summed E-state index contributed by atoms with van der Waals surface area (Å²) in [5, 5.41) is 62.1. The van der Waals surface area contributed by atoms with Crippen molar-refractivity contribution in [3.8, 4) is 0 Å². The Morgan fingerprint density at radius 2 is 1.25 bits per heavy atom. The van der Waals surface area contributed by atoms with Crippen LogP contribution >= 0.6 is 0 Å². The lowest BCUT2D eigenvalue weighted by Crippen LogP contribution is -2.50. The Kier molecular flexibility index (Phi) is 6.60. The van der Waals surface area contributed by atoms with Gasteiger partial charge in [-0.1, -0.05) is 0 Å². The molecule has 0 aliphatic carbocycles. The smallest absolute Gasteiger partial charge is 0.195 e. The van der Waals surface area contributed by atoms with Crippen molar-refractivity contribution in [3.05, 3.63) is 0 Å². The van der Waals surface area contributed by atoms with Crippen molar-refractivity contribution in [2.75, 3.05) is 13.2 Å². The van der Waals surface area contributed by atoms with Gasteiger partial charge >= 0.3 is 0 Å². The summed E-state index contributed by atoms with van der Waals surface area (Å²) in [7, 11) is 0. The van der Waals surface area contributed by atoms with E-state index in [-0.39, 0.29) is 0 Å². The number of ketones is 1. The highest BCUT2D eigenvalue weighted by molar-refractivity contribution is 5.88. The Labute approximate surface area is 91.0 Å². The molecule has 0 rings (SSSR count). The Morgan fingerprint density at radius 3 is 1.62 bits per heavy atom. The standard InChI is InChI=1S/C8H16O8/c9-1-3(11)5(13)7(15)8(16)6(14)4(12)2-10/h3-7,9-15H,1-2H2/t3-,4-,5+,6+,7-/m1/s1. The first-order valence-electron chi connectivity index (χ1n) is 4.52. The quantitative estimate of drug-likeness (QED) is 0.234. The third-order valence-corrected chi connectivity index (χ3v) is 2.04. The fourth-order valence-electron chi connectivity index (χ4n) is 0.951. The lowest BCUT2D eigenvalue weighted by molar-refractivity contribution is -0.155. The lowest BCUT2D eigenvalue weighted by Gasteiger charge is -2.23. The van der Waals surface area contributed by atoms with Gasteiger partial charge in [-0.3, -0.25) is 4.79 Å². The minimum absolute atomic E-state index is 0.885. The average Bonchev–Trinajstić information content (AvgIpc) is 2.32. The van der Waals surface area contributed by atoms with Crippen molar-refractivity contribution in [1.29, 1.82) is 0 Å². The molecule has 7 N–H and O–H groups in total. The second kappa shape index (κ2) is 6.86. The number of carbonyl (C=O) groups is 1. The summed E-state index contributed by atoms with van der Waals surface area (Å²) in [5.74, 6) is -1.36. The molecular weight excluding hydrogens is 224 g/mol. The van der Waals surface area contributed by atoms with E-state index in [4.69, 9.17) is 30.6 Å². The Bertz CT molecular complexity index is 220. The fraction of sp³-hybridized carbons (Fsp3) is 0.875. The maximum Gasteiger partial charge on any atom is 0.195 e. The first-order chi connectivity index (χ1) is 7.36. The zero-order valence-corrected chi connectivity index (χ0v) is 8.34. The number of rotatable bonds is 7.